The molecule has 4 heteroatoms. The molecule has 1 amide bonds. The van der Waals surface area contributed by atoms with Gasteiger partial charge in [-0.15, -0.1) is 0 Å². The summed E-state index contributed by atoms with van der Waals surface area (Å²) in [6.45, 7) is 4.31. The van der Waals surface area contributed by atoms with E-state index in [2.05, 4.69) is 10.3 Å². The molecule has 1 aliphatic rings. The summed E-state index contributed by atoms with van der Waals surface area (Å²) in [7, 11) is 0. The number of nitrogens with one attached hydrogen (secondary N) is 1. The molecule has 1 aromatic heterocycles. The maximum Gasteiger partial charge on any atom is 0.413 e. The van der Waals surface area contributed by atoms with Crippen LogP contribution in [0.25, 0.3) is 0 Å². The molecule has 1 N–H and O–H groups in total. The van der Waals surface area contributed by atoms with Crippen molar-refractivity contribution in [3.05, 3.63) is 23.9 Å². The molecule has 1 aliphatic heterocycles. The van der Waals surface area contributed by atoms with E-state index in [4.69, 9.17) is 4.74 Å². The van der Waals surface area contributed by atoms with E-state index in [1.54, 1.807) is 12.3 Å². The van der Waals surface area contributed by atoms with Crippen molar-refractivity contribution < 1.29 is 9.53 Å². The fourth-order valence-electron chi connectivity index (χ4n) is 0.944. The van der Waals surface area contributed by atoms with Crippen molar-refractivity contribution >= 4 is 11.9 Å². The standard InChI is InChI=1S/C7H6N2O2.C2H6/c10-7-9-6-5(4-11-7)2-1-3-8-6;1-2/h1-3H,4H2,(H,8,9,10);1-2H3. The Balaban J connectivity index is 0.000000396. The molecule has 0 radical (unpaired) electrons. The molecule has 0 aromatic carbocycles. The third-order valence-electron chi connectivity index (χ3n) is 1.47. The molecule has 1 aromatic rings. The third kappa shape index (κ3) is 2.18. The first-order chi connectivity index (χ1) is 6.36. The zero-order valence-corrected chi connectivity index (χ0v) is 7.70. The quantitative estimate of drug-likeness (QED) is 0.665. The second-order valence-electron chi connectivity index (χ2n) is 2.21. The van der Waals surface area contributed by atoms with E-state index in [1.165, 1.54) is 0 Å². The number of hydrogen-bond acceptors (Lipinski definition) is 3. The summed E-state index contributed by atoms with van der Waals surface area (Å²) in [4.78, 5) is 14.6. The molecule has 0 aliphatic carbocycles. The fourth-order valence-corrected chi connectivity index (χ4v) is 0.944. The van der Waals surface area contributed by atoms with Crippen LogP contribution in [0.4, 0.5) is 10.6 Å². The number of fused-ring (bicyclic) bond motifs is 1. The highest BCUT2D eigenvalue weighted by molar-refractivity contribution is 5.85. The Hall–Kier alpha value is -1.58. The van der Waals surface area contributed by atoms with Crippen LogP contribution in [0.2, 0.25) is 0 Å². The average Bonchev–Trinajstić information content (AvgIpc) is 2.21. The number of aromatic nitrogens is 1. The van der Waals surface area contributed by atoms with Crippen LogP contribution >= 0.6 is 0 Å². The number of pyridine rings is 1. The number of carbonyl (C=O) groups excluding carboxylic acids is 1. The van der Waals surface area contributed by atoms with Crippen molar-refractivity contribution in [3.8, 4) is 0 Å². The van der Waals surface area contributed by atoms with Crippen LogP contribution < -0.4 is 5.32 Å². The van der Waals surface area contributed by atoms with Crippen molar-refractivity contribution in [2.45, 2.75) is 20.5 Å². The molecule has 0 spiro atoms. The number of nitrogens with zero attached hydrogens (tertiary/aromatic N) is 1. The minimum Gasteiger partial charge on any atom is -0.444 e. The lowest BCUT2D eigenvalue weighted by Crippen LogP contribution is -2.20. The van der Waals surface area contributed by atoms with Crippen molar-refractivity contribution in [1.29, 1.82) is 0 Å². The number of ether oxygens (including phenoxy) is 1. The van der Waals surface area contributed by atoms with Gasteiger partial charge >= 0.3 is 6.09 Å². The molecule has 13 heavy (non-hydrogen) atoms. The van der Waals surface area contributed by atoms with Crippen molar-refractivity contribution in [1.82, 2.24) is 4.98 Å². The van der Waals surface area contributed by atoms with E-state index in [1.807, 2.05) is 19.9 Å². The molecule has 0 saturated heterocycles. The van der Waals surface area contributed by atoms with Gasteiger partial charge in [-0.3, -0.25) is 5.32 Å². The fraction of sp³-hybridized carbons (Fsp3) is 0.333. The Morgan fingerprint density at radius 3 is 3.08 bits per heavy atom. The molecule has 70 valence electrons. The summed E-state index contributed by atoms with van der Waals surface area (Å²) in [5, 5.41) is 2.49. The van der Waals surface area contributed by atoms with Gasteiger partial charge in [-0.2, -0.15) is 0 Å². The molecule has 4 nitrogen and oxygen atoms in total. The van der Waals surface area contributed by atoms with Gasteiger partial charge in [0.25, 0.3) is 0 Å². The Morgan fingerprint density at radius 2 is 2.31 bits per heavy atom. The van der Waals surface area contributed by atoms with Gasteiger partial charge in [0.15, 0.2) is 0 Å². The van der Waals surface area contributed by atoms with Crippen molar-refractivity contribution in [3.63, 3.8) is 0 Å². The summed E-state index contributed by atoms with van der Waals surface area (Å²) in [6, 6.07) is 3.67. The van der Waals surface area contributed by atoms with Crippen LogP contribution in [0.15, 0.2) is 18.3 Å². The molecule has 2 heterocycles. The lowest BCUT2D eigenvalue weighted by Gasteiger charge is -2.14. The van der Waals surface area contributed by atoms with Gasteiger partial charge in [0.1, 0.15) is 12.4 Å². The van der Waals surface area contributed by atoms with Gasteiger partial charge in [0, 0.05) is 11.8 Å². The number of cyclic esters (lactones) is 1. The number of anilines is 1. The van der Waals surface area contributed by atoms with E-state index >= 15 is 0 Å². The van der Waals surface area contributed by atoms with Gasteiger partial charge in [-0.25, -0.2) is 9.78 Å². The normalized spacial score (nSPS) is 12.9. The van der Waals surface area contributed by atoms with E-state index in [9.17, 15) is 4.79 Å². The summed E-state index contributed by atoms with van der Waals surface area (Å²) in [5.41, 5.74) is 0.909. The van der Waals surface area contributed by atoms with Gasteiger partial charge in [-0.05, 0) is 6.07 Å². The van der Waals surface area contributed by atoms with E-state index in [0.29, 0.717) is 12.4 Å². The van der Waals surface area contributed by atoms with Gasteiger partial charge in [0.05, 0.1) is 0 Å². The van der Waals surface area contributed by atoms with Gasteiger partial charge in [-0.1, -0.05) is 19.9 Å². The first kappa shape index (κ1) is 9.51. The monoisotopic (exact) mass is 180 g/mol. The molecule has 0 saturated carbocycles. The first-order valence-electron chi connectivity index (χ1n) is 4.24. The van der Waals surface area contributed by atoms with Crippen molar-refractivity contribution in [2.24, 2.45) is 0 Å². The summed E-state index contributed by atoms with van der Waals surface area (Å²) >= 11 is 0. The van der Waals surface area contributed by atoms with Crippen molar-refractivity contribution in [2.75, 3.05) is 5.32 Å². The molecule has 2 rings (SSSR count). The second-order valence-corrected chi connectivity index (χ2v) is 2.21. The highest BCUT2D eigenvalue weighted by atomic mass is 16.5. The van der Waals surface area contributed by atoms with Crippen LogP contribution in [0, 0.1) is 0 Å². The lowest BCUT2D eigenvalue weighted by molar-refractivity contribution is 0.151. The predicted octanol–water partition coefficient (Wildman–Crippen LogP) is 2.17. The van der Waals surface area contributed by atoms with Gasteiger partial charge in [0.2, 0.25) is 0 Å². The Bertz CT molecular complexity index is 299. The van der Waals surface area contributed by atoms with Crippen LogP contribution in [-0.2, 0) is 11.3 Å². The highest BCUT2D eigenvalue weighted by Gasteiger charge is 2.14. The average molecular weight is 180 g/mol. The summed E-state index contributed by atoms with van der Waals surface area (Å²) in [5.74, 6) is 0.601. The summed E-state index contributed by atoms with van der Waals surface area (Å²) in [6.07, 6.45) is 1.20. The smallest absolute Gasteiger partial charge is 0.413 e. The Morgan fingerprint density at radius 1 is 1.54 bits per heavy atom. The maximum absolute atomic E-state index is 10.7. The van der Waals surface area contributed by atoms with E-state index in [-0.39, 0.29) is 0 Å². The second kappa shape index (κ2) is 4.45. The number of hydrogen-bond donors (Lipinski definition) is 1. The lowest BCUT2D eigenvalue weighted by atomic mass is 10.2. The SMILES string of the molecule is CC.O=C1Nc2ncccc2CO1. The minimum absolute atomic E-state index is 0.314. The largest absolute Gasteiger partial charge is 0.444 e. The topological polar surface area (TPSA) is 51.2 Å². The molecule has 0 atom stereocenters. The highest BCUT2D eigenvalue weighted by Crippen LogP contribution is 2.16. The zero-order chi connectivity index (χ0) is 9.68. The van der Waals surface area contributed by atoms with Gasteiger partial charge < -0.3 is 4.74 Å². The molecule has 0 unspecified atom stereocenters. The third-order valence-corrected chi connectivity index (χ3v) is 1.47. The molecular weight excluding hydrogens is 168 g/mol. The molecular formula is C9H12N2O2. The predicted molar refractivity (Wildman–Crippen MR) is 49.4 cm³/mol. The Kier molecular flexibility index (Phi) is 3.25. The number of amides is 1. The van der Waals surface area contributed by atoms with Crippen LogP contribution in [0.5, 0.6) is 0 Å². The number of rotatable bonds is 0. The maximum atomic E-state index is 10.7. The van der Waals surface area contributed by atoms with Crippen LogP contribution in [0.1, 0.15) is 19.4 Å². The number of carbonyl (C=O) groups is 1. The molecule has 0 bridgehead atoms. The van der Waals surface area contributed by atoms with Crippen LogP contribution in [0.3, 0.4) is 0 Å². The van der Waals surface area contributed by atoms with E-state index in [0.717, 1.165) is 5.56 Å². The molecule has 0 fully saturated rings. The van der Waals surface area contributed by atoms with E-state index < -0.39 is 6.09 Å². The summed E-state index contributed by atoms with van der Waals surface area (Å²) < 4.78 is 4.71. The minimum atomic E-state index is -0.434. The Labute approximate surface area is 76.9 Å². The first-order valence-corrected chi connectivity index (χ1v) is 4.24. The zero-order valence-electron chi connectivity index (χ0n) is 7.70. The van der Waals surface area contributed by atoms with Crippen LogP contribution in [-0.4, -0.2) is 11.1 Å².